The number of hydrogen-bond acceptors (Lipinski definition) is 3. The van der Waals surface area contributed by atoms with Crippen molar-refractivity contribution in [1.82, 2.24) is 10.2 Å². The fourth-order valence-corrected chi connectivity index (χ4v) is 3.84. The molecule has 1 aromatic heterocycles. The number of nitrogens with one attached hydrogen (secondary N) is 1. The highest BCUT2D eigenvalue weighted by atomic mass is 32.1. The second kappa shape index (κ2) is 6.25. The van der Waals surface area contributed by atoms with Gasteiger partial charge in [0, 0.05) is 10.2 Å². The van der Waals surface area contributed by atoms with E-state index in [0.29, 0.717) is 6.04 Å². The maximum atomic E-state index is 3.72. The summed E-state index contributed by atoms with van der Waals surface area (Å²) in [5.74, 6) is 0. The Labute approximate surface area is 126 Å². The predicted molar refractivity (Wildman–Crippen MR) is 90.6 cm³/mol. The lowest BCUT2D eigenvalue weighted by atomic mass is 9.83. The number of fused-ring (bicyclic) bond motifs is 1. The Morgan fingerprint density at radius 3 is 2.60 bits per heavy atom. The van der Waals surface area contributed by atoms with Crippen molar-refractivity contribution >= 4 is 21.4 Å². The van der Waals surface area contributed by atoms with Gasteiger partial charge in [0.2, 0.25) is 0 Å². The van der Waals surface area contributed by atoms with E-state index in [1.54, 1.807) is 0 Å². The van der Waals surface area contributed by atoms with Gasteiger partial charge in [-0.3, -0.25) is 0 Å². The lowest BCUT2D eigenvalue weighted by molar-refractivity contribution is 0.114. The van der Waals surface area contributed by atoms with Crippen molar-refractivity contribution in [3.63, 3.8) is 0 Å². The molecule has 0 radical (unpaired) electrons. The van der Waals surface area contributed by atoms with Gasteiger partial charge >= 0.3 is 0 Å². The van der Waals surface area contributed by atoms with Crippen LogP contribution in [0.4, 0.5) is 0 Å². The standard InChI is InChI=1S/C17H26N2S/c1-6-17(3,19(4)5)16(18-7-2)14-10-8-9-13-11-12-20-15(13)14/h8-12,16,18H,6-7H2,1-5H3. The van der Waals surface area contributed by atoms with Crippen molar-refractivity contribution in [1.29, 1.82) is 0 Å². The molecule has 0 aliphatic rings. The van der Waals surface area contributed by atoms with E-state index in [9.17, 15) is 0 Å². The third-order valence-electron chi connectivity index (χ3n) is 4.59. The third kappa shape index (κ3) is 2.62. The largest absolute Gasteiger partial charge is 0.309 e. The molecule has 0 amide bonds. The van der Waals surface area contributed by atoms with Crippen LogP contribution in [0.15, 0.2) is 29.6 Å². The van der Waals surface area contributed by atoms with Crippen LogP contribution in [0.5, 0.6) is 0 Å². The van der Waals surface area contributed by atoms with Crippen LogP contribution in [0, 0.1) is 0 Å². The maximum Gasteiger partial charge on any atom is 0.0518 e. The first-order valence-electron chi connectivity index (χ1n) is 7.41. The minimum atomic E-state index is 0.105. The molecule has 2 aromatic rings. The van der Waals surface area contributed by atoms with Crippen LogP contribution >= 0.6 is 11.3 Å². The lowest BCUT2D eigenvalue weighted by Gasteiger charge is -2.43. The number of rotatable bonds is 6. The second-order valence-electron chi connectivity index (χ2n) is 5.78. The van der Waals surface area contributed by atoms with E-state index < -0.39 is 0 Å². The molecule has 0 aliphatic heterocycles. The highest BCUT2D eigenvalue weighted by molar-refractivity contribution is 7.17. The van der Waals surface area contributed by atoms with Crippen LogP contribution in [0.25, 0.3) is 10.1 Å². The van der Waals surface area contributed by atoms with Crippen LogP contribution in [-0.4, -0.2) is 31.1 Å². The first kappa shape index (κ1) is 15.5. The normalized spacial score (nSPS) is 16.5. The zero-order valence-corrected chi connectivity index (χ0v) is 14.1. The van der Waals surface area contributed by atoms with Crippen LogP contribution in [0.3, 0.4) is 0 Å². The Kier molecular flexibility index (Phi) is 4.84. The number of hydrogen-bond donors (Lipinski definition) is 1. The maximum absolute atomic E-state index is 3.72. The van der Waals surface area contributed by atoms with Gasteiger partial charge in [-0.15, -0.1) is 11.3 Å². The first-order chi connectivity index (χ1) is 9.54. The van der Waals surface area contributed by atoms with Crippen molar-refractivity contribution in [2.24, 2.45) is 0 Å². The van der Waals surface area contributed by atoms with Crippen LogP contribution in [-0.2, 0) is 0 Å². The fraction of sp³-hybridized carbons (Fsp3) is 0.529. The summed E-state index contributed by atoms with van der Waals surface area (Å²) in [6.07, 6.45) is 1.11. The molecule has 1 heterocycles. The Morgan fingerprint density at radius 2 is 2.00 bits per heavy atom. The highest BCUT2D eigenvalue weighted by Gasteiger charge is 2.36. The van der Waals surface area contributed by atoms with E-state index in [1.165, 1.54) is 15.6 Å². The molecule has 0 saturated carbocycles. The molecule has 110 valence electrons. The molecule has 20 heavy (non-hydrogen) atoms. The Bertz CT molecular complexity index is 561. The van der Waals surface area contributed by atoms with Crippen LogP contribution in [0.2, 0.25) is 0 Å². The molecular formula is C17H26N2S. The van der Waals surface area contributed by atoms with Crippen LogP contribution in [0.1, 0.15) is 38.8 Å². The Balaban J connectivity index is 2.55. The number of nitrogens with zero attached hydrogens (tertiary/aromatic N) is 1. The molecule has 0 saturated heterocycles. The molecule has 2 atom stereocenters. The fourth-order valence-electron chi connectivity index (χ4n) is 2.89. The summed E-state index contributed by atoms with van der Waals surface area (Å²) < 4.78 is 1.42. The van der Waals surface area contributed by atoms with E-state index in [2.05, 4.69) is 74.7 Å². The molecule has 2 unspecified atom stereocenters. The summed E-state index contributed by atoms with van der Waals surface area (Å²) in [4.78, 5) is 2.35. The molecule has 3 heteroatoms. The van der Waals surface area contributed by atoms with Crippen molar-refractivity contribution in [2.75, 3.05) is 20.6 Å². The summed E-state index contributed by atoms with van der Waals surface area (Å²) in [7, 11) is 4.37. The molecule has 2 nitrogen and oxygen atoms in total. The summed E-state index contributed by atoms with van der Waals surface area (Å²) >= 11 is 1.85. The third-order valence-corrected chi connectivity index (χ3v) is 5.57. The molecule has 0 aliphatic carbocycles. The molecule has 1 aromatic carbocycles. The van der Waals surface area contributed by atoms with Crippen LogP contribution < -0.4 is 5.32 Å². The molecule has 1 N–H and O–H groups in total. The molecule has 0 spiro atoms. The summed E-state index contributed by atoms with van der Waals surface area (Å²) in [6, 6.07) is 9.22. The number of thiophene rings is 1. The minimum absolute atomic E-state index is 0.105. The Morgan fingerprint density at radius 1 is 1.25 bits per heavy atom. The van der Waals surface area contributed by atoms with Gasteiger partial charge in [-0.05, 0) is 56.4 Å². The van der Waals surface area contributed by atoms with Crippen molar-refractivity contribution in [3.05, 3.63) is 35.2 Å². The second-order valence-corrected chi connectivity index (χ2v) is 6.70. The van der Waals surface area contributed by atoms with Gasteiger partial charge < -0.3 is 10.2 Å². The Hall–Kier alpha value is -0.900. The molecule has 2 rings (SSSR count). The van der Waals surface area contributed by atoms with Gasteiger partial charge in [-0.2, -0.15) is 0 Å². The first-order valence-corrected chi connectivity index (χ1v) is 8.29. The van der Waals surface area contributed by atoms with E-state index in [-0.39, 0.29) is 5.54 Å². The highest BCUT2D eigenvalue weighted by Crippen LogP contribution is 2.37. The average molecular weight is 290 g/mol. The molecular weight excluding hydrogens is 264 g/mol. The van der Waals surface area contributed by atoms with E-state index in [0.717, 1.165) is 13.0 Å². The van der Waals surface area contributed by atoms with Crippen molar-refractivity contribution in [3.8, 4) is 0 Å². The smallest absolute Gasteiger partial charge is 0.0518 e. The summed E-state index contributed by atoms with van der Waals surface area (Å²) in [5, 5.41) is 7.26. The van der Waals surface area contributed by atoms with Gasteiger partial charge in [-0.1, -0.05) is 32.0 Å². The number of likely N-dealkylation sites (N-methyl/N-ethyl adjacent to an activating group) is 2. The van der Waals surface area contributed by atoms with Gasteiger partial charge in [0.25, 0.3) is 0 Å². The SMILES string of the molecule is CCNC(c1cccc2ccsc12)C(C)(CC)N(C)C. The van der Waals surface area contributed by atoms with E-state index in [1.807, 2.05) is 11.3 Å². The number of benzene rings is 1. The predicted octanol–water partition coefficient (Wildman–Crippen LogP) is 4.28. The van der Waals surface area contributed by atoms with Gasteiger partial charge in [-0.25, -0.2) is 0 Å². The van der Waals surface area contributed by atoms with Gasteiger partial charge in [0.1, 0.15) is 0 Å². The quantitative estimate of drug-likeness (QED) is 0.854. The summed E-state index contributed by atoms with van der Waals surface area (Å²) in [6.45, 7) is 7.80. The molecule has 0 fully saturated rings. The van der Waals surface area contributed by atoms with Crippen molar-refractivity contribution in [2.45, 2.75) is 38.8 Å². The monoisotopic (exact) mass is 290 g/mol. The topological polar surface area (TPSA) is 15.3 Å². The van der Waals surface area contributed by atoms with E-state index >= 15 is 0 Å². The summed E-state index contributed by atoms with van der Waals surface area (Å²) in [5.41, 5.74) is 1.53. The van der Waals surface area contributed by atoms with Crippen molar-refractivity contribution < 1.29 is 0 Å². The van der Waals surface area contributed by atoms with Gasteiger partial charge in [0.05, 0.1) is 6.04 Å². The minimum Gasteiger partial charge on any atom is -0.309 e. The van der Waals surface area contributed by atoms with E-state index in [4.69, 9.17) is 0 Å². The molecule has 0 bridgehead atoms. The van der Waals surface area contributed by atoms with Gasteiger partial charge in [0.15, 0.2) is 0 Å². The zero-order chi connectivity index (χ0) is 14.8. The lowest BCUT2D eigenvalue weighted by Crippen LogP contribution is -2.51. The zero-order valence-electron chi connectivity index (χ0n) is 13.2. The average Bonchev–Trinajstić information content (AvgIpc) is 2.92.